The molecule has 0 aliphatic rings. The molecule has 0 saturated heterocycles. The Labute approximate surface area is 145 Å². The van der Waals surface area contributed by atoms with Crippen molar-refractivity contribution in [2.24, 2.45) is 0 Å². The molecular formula is C18H19FN2O2S. The minimum absolute atomic E-state index is 0.0804. The Bertz CT molecular complexity index is 719. The van der Waals surface area contributed by atoms with Crippen LogP contribution in [0.25, 0.3) is 0 Å². The van der Waals surface area contributed by atoms with Crippen LogP contribution in [0.15, 0.2) is 48.5 Å². The van der Waals surface area contributed by atoms with Crippen molar-refractivity contribution in [2.45, 2.75) is 5.75 Å². The number of benzene rings is 2. The summed E-state index contributed by atoms with van der Waals surface area (Å²) in [6, 6.07) is 12.9. The van der Waals surface area contributed by atoms with Crippen molar-refractivity contribution in [3.05, 3.63) is 65.5 Å². The monoisotopic (exact) mass is 346 g/mol. The van der Waals surface area contributed by atoms with Crippen LogP contribution in [0.4, 0.5) is 10.1 Å². The predicted molar refractivity (Wildman–Crippen MR) is 95.7 cm³/mol. The molecule has 0 unspecified atom stereocenters. The first-order chi connectivity index (χ1) is 11.5. The minimum atomic E-state index is -0.370. The van der Waals surface area contributed by atoms with Crippen molar-refractivity contribution in [2.75, 3.05) is 25.2 Å². The molecule has 2 aromatic rings. The summed E-state index contributed by atoms with van der Waals surface area (Å²) in [6.45, 7) is -0.0804. The van der Waals surface area contributed by atoms with Crippen LogP contribution in [0.5, 0.6) is 0 Å². The summed E-state index contributed by atoms with van der Waals surface area (Å²) in [5.74, 6) is -0.0917. The van der Waals surface area contributed by atoms with Gasteiger partial charge in [-0.2, -0.15) is 11.8 Å². The second-order valence-electron chi connectivity index (χ2n) is 5.35. The average Bonchev–Trinajstić information content (AvgIpc) is 2.56. The highest BCUT2D eigenvalue weighted by atomic mass is 32.2. The van der Waals surface area contributed by atoms with E-state index in [0.29, 0.717) is 11.3 Å². The zero-order valence-corrected chi connectivity index (χ0v) is 14.4. The molecule has 0 atom stereocenters. The van der Waals surface area contributed by atoms with Crippen molar-refractivity contribution in [1.29, 1.82) is 0 Å². The highest BCUT2D eigenvalue weighted by molar-refractivity contribution is 7.97. The molecule has 126 valence electrons. The summed E-state index contributed by atoms with van der Waals surface area (Å²) in [6.07, 6.45) is 2.00. The molecule has 0 aliphatic carbocycles. The Kier molecular flexibility index (Phi) is 6.37. The molecular weight excluding hydrogens is 327 g/mol. The van der Waals surface area contributed by atoms with Crippen LogP contribution >= 0.6 is 11.8 Å². The Morgan fingerprint density at radius 1 is 1.17 bits per heavy atom. The van der Waals surface area contributed by atoms with E-state index in [1.54, 1.807) is 24.9 Å². The smallest absolute Gasteiger partial charge is 0.254 e. The lowest BCUT2D eigenvalue weighted by Gasteiger charge is -2.17. The van der Waals surface area contributed by atoms with E-state index in [2.05, 4.69) is 5.32 Å². The standard InChI is InChI=1S/C18H19FN2O2S/c1-21(11-17(22)20-16-8-6-15(19)7-9-16)18(23)14-5-3-4-13(10-14)12-24-2/h3-10H,11-12H2,1-2H3,(H,20,22). The number of carbonyl (C=O) groups is 2. The fourth-order valence-electron chi connectivity index (χ4n) is 2.20. The Morgan fingerprint density at radius 3 is 2.54 bits per heavy atom. The third kappa shape index (κ3) is 5.09. The van der Waals surface area contributed by atoms with Gasteiger partial charge in [0.05, 0.1) is 6.54 Å². The van der Waals surface area contributed by atoms with E-state index in [4.69, 9.17) is 0 Å². The van der Waals surface area contributed by atoms with Crippen molar-refractivity contribution in [1.82, 2.24) is 4.90 Å². The molecule has 0 bridgehead atoms. The van der Waals surface area contributed by atoms with Gasteiger partial charge < -0.3 is 10.2 Å². The zero-order chi connectivity index (χ0) is 17.5. The maximum absolute atomic E-state index is 12.8. The lowest BCUT2D eigenvalue weighted by Crippen LogP contribution is -2.34. The number of nitrogens with zero attached hydrogens (tertiary/aromatic N) is 1. The normalized spacial score (nSPS) is 10.3. The van der Waals surface area contributed by atoms with Crippen LogP contribution in [0.1, 0.15) is 15.9 Å². The average molecular weight is 346 g/mol. The fraction of sp³-hybridized carbons (Fsp3) is 0.222. The summed E-state index contributed by atoms with van der Waals surface area (Å²) >= 11 is 1.68. The number of amides is 2. The van der Waals surface area contributed by atoms with E-state index in [1.165, 1.54) is 29.2 Å². The van der Waals surface area contributed by atoms with Gasteiger partial charge >= 0.3 is 0 Å². The largest absolute Gasteiger partial charge is 0.332 e. The topological polar surface area (TPSA) is 49.4 Å². The molecule has 2 rings (SSSR count). The van der Waals surface area contributed by atoms with Gasteiger partial charge in [0.2, 0.25) is 5.91 Å². The molecule has 0 spiro atoms. The van der Waals surface area contributed by atoms with E-state index < -0.39 is 0 Å². The van der Waals surface area contributed by atoms with Crippen LogP contribution in [0, 0.1) is 5.82 Å². The number of carbonyl (C=O) groups excluding carboxylic acids is 2. The quantitative estimate of drug-likeness (QED) is 0.872. The molecule has 0 aromatic heterocycles. The first-order valence-corrected chi connectivity index (χ1v) is 8.77. The zero-order valence-electron chi connectivity index (χ0n) is 13.6. The highest BCUT2D eigenvalue weighted by Crippen LogP contribution is 2.13. The first kappa shape index (κ1) is 18.0. The van der Waals surface area contributed by atoms with Crippen molar-refractivity contribution >= 4 is 29.3 Å². The Hall–Kier alpha value is -2.34. The van der Waals surface area contributed by atoms with Gasteiger partial charge in [0, 0.05) is 24.1 Å². The molecule has 6 heteroatoms. The fourth-order valence-corrected chi connectivity index (χ4v) is 2.72. The van der Waals surface area contributed by atoms with Gasteiger partial charge in [-0.05, 0) is 48.2 Å². The van der Waals surface area contributed by atoms with Gasteiger partial charge in [0.25, 0.3) is 5.91 Å². The Balaban J connectivity index is 1.96. The number of thioether (sulfide) groups is 1. The van der Waals surface area contributed by atoms with Gasteiger partial charge in [0.15, 0.2) is 0 Å². The molecule has 0 fully saturated rings. The van der Waals surface area contributed by atoms with Crippen LogP contribution in [-0.2, 0) is 10.5 Å². The summed E-state index contributed by atoms with van der Waals surface area (Å²) in [4.78, 5) is 25.8. The number of likely N-dealkylation sites (N-methyl/N-ethyl adjacent to an activating group) is 1. The molecule has 0 heterocycles. The second-order valence-corrected chi connectivity index (χ2v) is 6.22. The maximum Gasteiger partial charge on any atom is 0.254 e. The number of halogens is 1. The van der Waals surface area contributed by atoms with E-state index in [0.717, 1.165) is 11.3 Å². The van der Waals surface area contributed by atoms with Crippen molar-refractivity contribution < 1.29 is 14.0 Å². The molecule has 24 heavy (non-hydrogen) atoms. The van der Waals surface area contributed by atoms with Gasteiger partial charge in [-0.3, -0.25) is 9.59 Å². The third-order valence-corrected chi connectivity index (χ3v) is 3.96. The van der Waals surface area contributed by atoms with Crippen LogP contribution in [0.2, 0.25) is 0 Å². The van der Waals surface area contributed by atoms with Crippen LogP contribution in [-0.4, -0.2) is 36.6 Å². The van der Waals surface area contributed by atoms with Gasteiger partial charge in [-0.15, -0.1) is 0 Å². The molecule has 0 aliphatic heterocycles. The van der Waals surface area contributed by atoms with Crippen molar-refractivity contribution in [3.8, 4) is 0 Å². The molecule has 2 aromatic carbocycles. The van der Waals surface area contributed by atoms with E-state index in [9.17, 15) is 14.0 Å². The van der Waals surface area contributed by atoms with E-state index in [-0.39, 0.29) is 24.2 Å². The second kappa shape index (κ2) is 8.49. The number of anilines is 1. The van der Waals surface area contributed by atoms with Crippen LogP contribution < -0.4 is 5.32 Å². The summed E-state index contributed by atoms with van der Waals surface area (Å²) in [5.41, 5.74) is 2.11. The molecule has 4 nitrogen and oxygen atoms in total. The predicted octanol–water partition coefficient (Wildman–Crippen LogP) is 3.40. The molecule has 2 amide bonds. The molecule has 1 N–H and O–H groups in total. The number of nitrogens with one attached hydrogen (secondary N) is 1. The lowest BCUT2D eigenvalue weighted by atomic mass is 10.1. The number of rotatable bonds is 6. The van der Waals surface area contributed by atoms with Gasteiger partial charge in [-0.1, -0.05) is 12.1 Å². The minimum Gasteiger partial charge on any atom is -0.332 e. The number of hydrogen-bond donors (Lipinski definition) is 1. The SMILES string of the molecule is CSCc1cccc(C(=O)N(C)CC(=O)Nc2ccc(F)cc2)c1. The first-order valence-electron chi connectivity index (χ1n) is 7.38. The highest BCUT2D eigenvalue weighted by Gasteiger charge is 2.15. The lowest BCUT2D eigenvalue weighted by molar-refractivity contribution is -0.116. The Morgan fingerprint density at radius 2 is 1.88 bits per heavy atom. The van der Waals surface area contributed by atoms with Crippen molar-refractivity contribution in [3.63, 3.8) is 0 Å². The number of hydrogen-bond acceptors (Lipinski definition) is 3. The van der Waals surface area contributed by atoms with Gasteiger partial charge in [-0.25, -0.2) is 4.39 Å². The van der Waals surface area contributed by atoms with Gasteiger partial charge in [0.1, 0.15) is 5.82 Å². The molecule has 0 saturated carbocycles. The van der Waals surface area contributed by atoms with Crippen LogP contribution in [0.3, 0.4) is 0 Å². The summed E-state index contributed by atoms with van der Waals surface area (Å²) in [5, 5.41) is 2.64. The summed E-state index contributed by atoms with van der Waals surface area (Å²) < 4.78 is 12.8. The maximum atomic E-state index is 12.8. The van der Waals surface area contributed by atoms with E-state index >= 15 is 0 Å². The van der Waals surface area contributed by atoms with E-state index in [1.807, 2.05) is 24.5 Å². The molecule has 0 radical (unpaired) electrons. The summed E-state index contributed by atoms with van der Waals surface area (Å²) in [7, 11) is 1.58. The third-order valence-electron chi connectivity index (χ3n) is 3.34.